The molecule has 0 saturated heterocycles. The van der Waals surface area contributed by atoms with Crippen LogP contribution in [0.4, 0.5) is 4.39 Å². The molecule has 0 aliphatic heterocycles. The Labute approximate surface area is 132 Å². The predicted molar refractivity (Wildman–Crippen MR) is 88.3 cm³/mol. The minimum Gasteiger partial charge on any atom is -0.224 e. The fourth-order valence-electron chi connectivity index (χ4n) is 2.24. The monoisotopic (exact) mass is 332 g/mol. The zero-order valence-electron chi connectivity index (χ0n) is 11.8. The van der Waals surface area contributed by atoms with E-state index in [1.54, 1.807) is 47.7 Å². The van der Waals surface area contributed by atoms with Crippen molar-refractivity contribution in [1.29, 1.82) is 0 Å². The Morgan fingerprint density at radius 1 is 0.864 bits per heavy atom. The van der Waals surface area contributed by atoms with Crippen molar-refractivity contribution in [1.82, 2.24) is 0 Å². The van der Waals surface area contributed by atoms with Crippen molar-refractivity contribution in [2.45, 2.75) is 4.90 Å². The average Bonchev–Trinajstić information content (AvgIpc) is 2.97. The summed E-state index contributed by atoms with van der Waals surface area (Å²) in [5, 5.41) is 1.97. The smallest absolute Gasteiger partial charge is 0.175 e. The first-order chi connectivity index (χ1) is 10.4. The highest BCUT2D eigenvalue weighted by Crippen LogP contribution is 2.37. The molecule has 112 valence electrons. The first-order valence-corrected chi connectivity index (χ1v) is 9.36. The summed E-state index contributed by atoms with van der Waals surface area (Å²) in [6.07, 6.45) is 1.19. The summed E-state index contributed by atoms with van der Waals surface area (Å²) >= 11 is 1.57. The topological polar surface area (TPSA) is 34.1 Å². The molecule has 0 spiro atoms. The van der Waals surface area contributed by atoms with E-state index in [4.69, 9.17) is 0 Å². The zero-order valence-corrected chi connectivity index (χ0v) is 13.4. The number of rotatable bonds is 3. The molecule has 0 saturated carbocycles. The lowest BCUT2D eigenvalue weighted by Crippen LogP contribution is -1.96. The maximum absolute atomic E-state index is 13.1. The van der Waals surface area contributed by atoms with E-state index in [-0.39, 0.29) is 5.82 Å². The molecule has 1 aromatic heterocycles. The maximum Gasteiger partial charge on any atom is 0.175 e. The van der Waals surface area contributed by atoms with Crippen molar-refractivity contribution in [3.63, 3.8) is 0 Å². The second kappa shape index (κ2) is 5.66. The quantitative estimate of drug-likeness (QED) is 0.701. The number of thiophene rings is 1. The minimum atomic E-state index is -3.19. The standard InChI is InChI=1S/C17H13FO2S2/c1-22(19,20)15-8-4-13(5-9-15)17-16(10-11-21-17)12-2-6-14(18)7-3-12/h2-11H,1H3. The van der Waals surface area contributed by atoms with Crippen LogP contribution in [0.5, 0.6) is 0 Å². The van der Waals surface area contributed by atoms with Crippen LogP contribution in [0.2, 0.25) is 0 Å². The molecular formula is C17H13FO2S2. The van der Waals surface area contributed by atoms with Gasteiger partial charge in [-0.25, -0.2) is 12.8 Å². The first-order valence-electron chi connectivity index (χ1n) is 6.59. The molecule has 22 heavy (non-hydrogen) atoms. The second-order valence-electron chi connectivity index (χ2n) is 4.97. The Morgan fingerprint density at radius 2 is 1.45 bits per heavy atom. The summed E-state index contributed by atoms with van der Waals surface area (Å²) < 4.78 is 36.1. The van der Waals surface area contributed by atoms with Gasteiger partial charge < -0.3 is 0 Å². The van der Waals surface area contributed by atoms with Gasteiger partial charge in [-0.2, -0.15) is 0 Å². The number of sulfone groups is 1. The van der Waals surface area contributed by atoms with Crippen LogP contribution >= 0.6 is 11.3 Å². The van der Waals surface area contributed by atoms with Gasteiger partial charge in [-0.15, -0.1) is 11.3 Å². The molecule has 0 atom stereocenters. The van der Waals surface area contributed by atoms with Gasteiger partial charge >= 0.3 is 0 Å². The Kier molecular flexibility index (Phi) is 3.85. The summed E-state index contributed by atoms with van der Waals surface area (Å²) in [4.78, 5) is 1.34. The van der Waals surface area contributed by atoms with Gasteiger partial charge in [-0.1, -0.05) is 24.3 Å². The summed E-state index contributed by atoms with van der Waals surface area (Å²) in [6, 6.07) is 15.2. The molecule has 0 aliphatic carbocycles. The van der Waals surface area contributed by atoms with Gasteiger partial charge in [0.05, 0.1) is 4.90 Å². The van der Waals surface area contributed by atoms with Crippen LogP contribution in [-0.2, 0) is 9.84 Å². The van der Waals surface area contributed by atoms with Crippen LogP contribution in [0.1, 0.15) is 0 Å². The predicted octanol–water partition coefficient (Wildman–Crippen LogP) is 4.62. The molecule has 5 heteroatoms. The highest BCUT2D eigenvalue weighted by atomic mass is 32.2. The summed E-state index contributed by atoms with van der Waals surface area (Å²) in [5.74, 6) is -0.266. The molecule has 2 aromatic carbocycles. The molecule has 0 radical (unpaired) electrons. The molecule has 0 unspecified atom stereocenters. The largest absolute Gasteiger partial charge is 0.224 e. The molecule has 0 N–H and O–H groups in total. The van der Waals surface area contributed by atoms with Crippen molar-refractivity contribution in [3.05, 3.63) is 65.8 Å². The molecule has 1 heterocycles. The molecule has 0 fully saturated rings. The van der Waals surface area contributed by atoms with Gasteiger partial charge in [-0.05, 0) is 46.8 Å². The second-order valence-corrected chi connectivity index (χ2v) is 7.90. The number of halogens is 1. The molecule has 0 bridgehead atoms. The molecule has 3 rings (SSSR count). The number of hydrogen-bond donors (Lipinski definition) is 0. The van der Waals surface area contributed by atoms with Crippen LogP contribution in [0, 0.1) is 5.82 Å². The third-order valence-corrected chi connectivity index (χ3v) is 5.46. The zero-order chi connectivity index (χ0) is 15.7. The normalized spacial score (nSPS) is 11.5. The van der Waals surface area contributed by atoms with Gasteiger partial charge in [0.15, 0.2) is 9.84 Å². The van der Waals surface area contributed by atoms with Gasteiger partial charge in [0.1, 0.15) is 5.82 Å². The van der Waals surface area contributed by atoms with E-state index in [0.29, 0.717) is 4.90 Å². The highest BCUT2D eigenvalue weighted by Gasteiger charge is 2.11. The van der Waals surface area contributed by atoms with Gasteiger partial charge in [-0.3, -0.25) is 0 Å². The van der Waals surface area contributed by atoms with Crippen molar-refractivity contribution in [2.75, 3.05) is 6.26 Å². The summed E-state index contributed by atoms with van der Waals surface area (Å²) in [5.41, 5.74) is 2.89. The summed E-state index contributed by atoms with van der Waals surface area (Å²) in [7, 11) is -3.19. The van der Waals surface area contributed by atoms with Gasteiger partial charge in [0.2, 0.25) is 0 Å². The molecule has 2 nitrogen and oxygen atoms in total. The third-order valence-electron chi connectivity index (χ3n) is 3.37. The number of hydrogen-bond acceptors (Lipinski definition) is 3. The van der Waals surface area contributed by atoms with E-state index in [1.165, 1.54) is 18.4 Å². The van der Waals surface area contributed by atoms with Gasteiger partial charge in [0, 0.05) is 16.7 Å². The molecular weight excluding hydrogens is 319 g/mol. The maximum atomic E-state index is 13.1. The van der Waals surface area contributed by atoms with E-state index in [0.717, 1.165) is 21.6 Å². The van der Waals surface area contributed by atoms with E-state index < -0.39 is 9.84 Å². The van der Waals surface area contributed by atoms with E-state index in [1.807, 2.05) is 11.4 Å². The molecule has 0 amide bonds. The van der Waals surface area contributed by atoms with Crippen LogP contribution < -0.4 is 0 Å². The van der Waals surface area contributed by atoms with Crippen molar-refractivity contribution >= 4 is 21.2 Å². The SMILES string of the molecule is CS(=O)(=O)c1ccc(-c2sccc2-c2ccc(F)cc2)cc1. The van der Waals surface area contributed by atoms with Gasteiger partial charge in [0.25, 0.3) is 0 Å². The summed E-state index contributed by atoms with van der Waals surface area (Å²) in [6.45, 7) is 0. The lowest BCUT2D eigenvalue weighted by Gasteiger charge is -2.06. The first kappa shape index (κ1) is 14.9. The Bertz CT molecular complexity index is 893. The van der Waals surface area contributed by atoms with Crippen molar-refractivity contribution in [2.24, 2.45) is 0 Å². The Balaban J connectivity index is 2.03. The van der Waals surface area contributed by atoms with E-state index in [2.05, 4.69) is 0 Å². The third kappa shape index (κ3) is 2.96. The fraction of sp³-hybridized carbons (Fsp3) is 0.0588. The minimum absolute atomic E-state index is 0.266. The van der Waals surface area contributed by atoms with Crippen molar-refractivity contribution < 1.29 is 12.8 Å². The van der Waals surface area contributed by atoms with Crippen molar-refractivity contribution in [3.8, 4) is 21.6 Å². The average molecular weight is 332 g/mol. The molecule has 0 aliphatic rings. The lowest BCUT2D eigenvalue weighted by molar-refractivity contribution is 0.602. The van der Waals surface area contributed by atoms with E-state index in [9.17, 15) is 12.8 Å². The highest BCUT2D eigenvalue weighted by molar-refractivity contribution is 7.90. The lowest BCUT2D eigenvalue weighted by atomic mass is 10.0. The number of benzene rings is 2. The molecule has 3 aromatic rings. The Morgan fingerprint density at radius 3 is 2.05 bits per heavy atom. The Hall–Kier alpha value is -1.98. The van der Waals surface area contributed by atoms with E-state index >= 15 is 0 Å². The van der Waals surface area contributed by atoms with Crippen LogP contribution in [0.3, 0.4) is 0 Å². The van der Waals surface area contributed by atoms with Crippen LogP contribution in [-0.4, -0.2) is 14.7 Å². The fourth-order valence-corrected chi connectivity index (χ4v) is 3.80. The van der Waals surface area contributed by atoms with Crippen LogP contribution in [0.25, 0.3) is 21.6 Å². The van der Waals surface area contributed by atoms with Crippen LogP contribution in [0.15, 0.2) is 64.9 Å².